The van der Waals surface area contributed by atoms with E-state index < -0.39 is 17.5 Å². The molecule has 1 nitrogen and oxygen atoms in total. The maximum atomic E-state index is 13.9. The topological polar surface area (TPSA) is 9.23 Å². The van der Waals surface area contributed by atoms with Crippen LogP contribution in [-0.4, -0.2) is 22.2 Å². The van der Waals surface area contributed by atoms with Gasteiger partial charge < -0.3 is 4.74 Å². The van der Waals surface area contributed by atoms with E-state index in [4.69, 9.17) is 4.74 Å². The molecule has 2 saturated heterocycles. The average Bonchev–Trinajstić information content (AvgIpc) is 3.15. The fourth-order valence-electron chi connectivity index (χ4n) is 5.35. The van der Waals surface area contributed by atoms with Crippen molar-refractivity contribution in [3.05, 3.63) is 35.1 Å². The van der Waals surface area contributed by atoms with Crippen LogP contribution >= 0.6 is 23.5 Å². The van der Waals surface area contributed by atoms with E-state index in [1.54, 1.807) is 0 Å². The van der Waals surface area contributed by atoms with Gasteiger partial charge in [-0.05, 0) is 54.7 Å². The number of benzene rings is 1. The van der Waals surface area contributed by atoms with Crippen LogP contribution in [0.15, 0.2) is 12.1 Å². The van der Waals surface area contributed by atoms with Gasteiger partial charge in [-0.15, -0.1) is 23.5 Å². The second-order valence-corrected chi connectivity index (χ2v) is 11.7. The van der Waals surface area contributed by atoms with Crippen molar-refractivity contribution >= 4 is 23.5 Å². The van der Waals surface area contributed by atoms with Crippen LogP contribution < -0.4 is 0 Å². The van der Waals surface area contributed by atoms with Crippen molar-refractivity contribution in [2.45, 2.75) is 62.1 Å². The lowest BCUT2D eigenvalue weighted by Gasteiger charge is -2.46. The summed E-state index contributed by atoms with van der Waals surface area (Å²) in [7, 11) is 0. The van der Waals surface area contributed by atoms with Crippen molar-refractivity contribution in [1.29, 1.82) is 0 Å². The summed E-state index contributed by atoms with van der Waals surface area (Å²) < 4.78 is 47.2. The highest BCUT2D eigenvalue weighted by Crippen LogP contribution is 2.60. The smallest absolute Gasteiger partial charge is 0.194 e. The summed E-state index contributed by atoms with van der Waals surface area (Å²) in [6.07, 6.45) is 8.42. The van der Waals surface area contributed by atoms with E-state index in [9.17, 15) is 13.2 Å². The number of hydrogen-bond donors (Lipinski definition) is 0. The molecule has 1 aromatic carbocycles. The minimum atomic E-state index is -1.40. The van der Waals surface area contributed by atoms with Gasteiger partial charge in [-0.3, -0.25) is 0 Å². The first kappa shape index (κ1) is 20.9. The minimum Gasteiger partial charge on any atom is -0.371 e. The van der Waals surface area contributed by atoms with Crippen molar-refractivity contribution in [3.8, 4) is 0 Å². The molecule has 2 aliphatic heterocycles. The number of rotatable bonds is 4. The lowest BCUT2D eigenvalue weighted by atomic mass is 9.72. The predicted octanol–water partition coefficient (Wildman–Crippen LogP) is 6.96. The Morgan fingerprint density at radius 3 is 2.25 bits per heavy atom. The zero-order valence-corrected chi connectivity index (χ0v) is 18.0. The SMILES string of the molecule is CCCC1CCC(C2COC(c3cc(F)c(F)c(F)c3)C3(C2)SCCS3)CC1. The molecule has 0 bridgehead atoms. The van der Waals surface area contributed by atoms with Crippen molar-refractivity contribution in [3.63, 3.8) is 0 Å². The van der Waals surface area contributed by atoms with Gasteiger partial charge >= 0.3 is 0 Å². The quantitative estimate of drug-likeness (QED) is 0.478. The molecule has 2 unspecified atom stereocenters. The number of halogens is 3. The second kappa shape index (κ2) is 8.81. The molecular weight excluding hydrogens is 401 g/mol. The lowest BCUT2D eigenvalue weighted by Crippen LogP contribution is -2.42. The van der Waals surface area contributed by atoms with Gasteiger partial charge in [0.15, 0.2) is 17.5 Å². The van der Waals surface area contributed by atoms with Crippen LogP contribution in [0.4, 0.5) is 13.2 Å². The van der Waals surface area contributed by atoms with Gasteiger partial charge in [0.05, 0.1) is 10.7 Å². The zero-order chi connectivity index (χ0) is 19.7. The molecule has 156 valence electrons. The van der Waals surface area contributed by atoms with Crippen LogP contribution in [-0.2, 0) is 4.74 Å². The van der Waals surface area contributed by atoms with E-state index in [0.29, 0.717) is 24.0 Å². The standard InChI is InChI=1S/C22H29F3OS2/c1-2-3-14-4-6-15(7-5-14)17-12-22(27-8-9-28-22)21(26-13-17)16-10-18(23)20(25)19(24)11-16/h10-11,14-15,17,21H,2-9,12-13H2,1H3. The molecule has 2 atom stereocenters. The maximum Gasteiger partial charge on any atom is 0.194 e. The van der Waals surface area contributed by atoms with E-state index in [-0.39, 0.29) is 10.2 Å². The van der Waals surface area contributed by atoms with E-state index in [0.717, 1.165) is 36.0 Å². The molecule has 1 aliphatic carbocycles. The molecule has 1 saturated carbocycles. The molecule has 0 radical (unpaired) electrons. The molecule has 2 heterocycles. The summed E-state index contributed by atoms with van der Waals surface area (Å²) in [4.78, 5) is 0. The monoisotopic (exact) mass is 430 g/mol. The van der Waals surface area contributed by atoms with E-state index in [2.05, 4.69) is 6.92 Å². The third-order valence-corrected chi connectivity index (χ3v) is 10.3. The van der Waals surface area contributed by atoms with Gasteiger partial charge in [-0.1, -0.05) is 32.6 Å². The molecule has 6 heteroatoms. The first-order valence-electron chi connectivity index (χ1n) is 10.6. The van der Waals surface area contributed by atoms with Crippen molar-refractivity contribution in [2.75, 3.05) is 18.1 Å². The first-order chi connectivity index (χ1) is 13.5. The Labute approximate surface area is 174 Å². The zero-order valence-electron chi connectivity index (χ0n) is 16.4. The summed E-state index contributed by atoms with van der Waals surface area (Å²) in [5, 5.41) is 0. The van der Waals surface area contributed by atoms with Crippen molar-refractivity contribution in [1.82, 2.24) is 0 Å². The lowest BCUT2D eigenvalue weighted by molar-refractivity contribution is -0.0432. The van der Waals surface area contributed by atoms with Crippen molar-refractivity contribution in [2.24, 2.45) is 17.8 Å². The van der Waals surface area contributed by atoms with Crippen LogP contribution in [0, 0.1) is 35.2 Å². The Morgan fingerprint density at radius 1 is 1.00 bits per heavy atom. The Hall–Kier alpha value is -0.330. The fourth-order valence-corrected chi connectivity index (χ4v) is 8.92. The summed E-state index contributed by atoms with van der Waals surface area (Å²) in [6.45, 7) is 2.90. The molecule has 1 spiro atoms. The number of hydrogen-bond acceptors (Lipinski definition) is 3. The van der Waals surface area contributed by atoms with E-state index in [1.165, 1.54) is 38.5 Å². The largest absolute Gasteiger partial charge is 0.371 e. The Balaban J connectivity index is 1.50. The Morgan fingerprint density at radius 2 is 1.64 bits per heavy atom. The highest BCUT2D eigenvalue weighted by Gasteiger charge is 2.50. The van der Waals surface area contributed by atoms with Gasteiger partial charge in [0, 0.05) is 11.5 Å². The summed E-state index contributed by atoms with van der Waals surface area (Å²) in [5.41, 5.74) is 0.434. The van der Waals surface area contributed by atoms with Gasteiger partial charge in [0.1, 0.15) is 6.10 Å². The average molecular weight is 431 g/mol. The fraction of sp³-hybridized carbons (Fsp3) is 0.727. The predicted molar refractivity (Wildman–Crippen MR) is 111 cm³/mol. The van der Waals surface area contributed by atoms with Gasteiger partial charge in [0.2, 0.25) is 0 Å². The van der Waals surface area contributed by atoms with Crippen LogP contribution in [0.25, 0.3) is 0 Å². The highest BCUT2D eigenvalue weighted by molar-refractivity contribution is 8.21. The Bertz CT molecular complexity index is 661. The normalized spacial score (nSPS) is 32.7. The van der Waals surface area contributed by atoms with Gasteiger partial charge in [0.25, 0.3) is 0 Å². The van der Waals surface area contributed by atoms with Crippen LogP contribution in [0.2, 0.25) is 0 Å². The van der Waals surface area contributed by atoms with Gasteiger partial charge in [-0.25, -0.2) is 13.2 Å². The summed E-state index contributed by atoms with van der Waals surface area (Å²) in [5.74, 6) is 0.465. The Kier molecular flexibility index (Phi) is 6.58. The van der Waals surface area contributed by atoms with Crippen LogP contribution in [0.5, 0.6) is 0 Å². The maximum absolute atomic E-state index is 13.9. The molecule has 1 aromatic rings. The third kappa shape index (κ3) is 4.11. The third-order valence-electron chi connectivity index (χ3n) is 6.76. The molecule has 3 fully saturated rings. The molecule has 3 aliphatic rings. The molecule has 28 heavy (non-hydrogen) atoms. The first-order valence-corrected chi connectivity index (χ1v) is 12.5. The molecular formula is C22H29F3OS2. The second-order valence-electron chi connectivity index (χ2n) is 8.55. The van der Waals surface area contributed by atoms with Gasteiger partial charge in [-0.2, -0.15) is 0 Å². The van der Waals surface area contributed by atoms with Crippen LogP contribution in [0.1, 0.15) is 63.5 Å². The molecule has 0 amide bonds. The summed E-state index contributed by atoms with van der Waals surface area (Å²) >= 11 is 3.72. The van der Waals surface area contributed by atoms with Crippen LogP contribution in [0.3, 0.4) is 0 Å². The molecule has 0 N–H and O–H groups in total. The van der Waals surface area contributed by atoms with E-state index in [1.807, 2.05) is 23.5 Å². The van der Waals surface area contributed by atoms with Crippen molar-refractivity contribution < 1.29 is 17.9 Å². The highest BCUT2D eigenvalue weighted by atomic mass is 32.2. The number of ether oxygens (including phenoxy) is 1. The van der Waals surface area contributed by atoms with E-state index >= 15 is 0 Å². The minimum absolute atomic E-state index is 0.208. The molecule has 0 aromatic heterocycles. The number of thioether (sulfide) groups is 2. The summed E-state index contributed by atoms with van der Waals surface area (Å²) in [6, 6.07) is 2.25. The molecule has 4 rings (SSSR count).